The molecule has 0 aliphatic carbocycles. The molecular weight excluding hydrogens is 250 g/mol. The summed E-state index contributed by atoms with van der Waals surface area (Å²) in [6.45, 7) is 1.74. The van der Waals surface area contributed by atoms with Gasteiger partial charge in [-0.2, -0.15) is 0 Å². The molecule has 1 aromatic carbocycles. The molecule has 90 valence electrons. The number of rotatable bonds is 2. The Labute approximate surface area is 106 Å². The van der Waals surface area contributed by atoms with Crippen molar-refractivity contribution in [1.82, 2.24) is 20.2 Å². The van der Waals surface area contributed by atoms with Gasteiger partial charge in [0.05, 0.1) is 10.2 Å². The highest BCUT2D eigenvalue weighted by molar-refractivity contribution is 7.22. The van der Waals surface area contributed by atoms with Crippen molar-refractivity contribution < 1.29 is 4.79 Å². The number of aromatic nitrogens is 4. The van der Waals surface area contributed by atoms with Crippen molar-refractivity contribution in [3.8, 4) is 0 Å². The van der Waals surface area contributed by atoms with Crippen LogP contribution in [0.1, 0.15) is 16.4 Å². The highest BCUT2D eigenvalue weighted by Crippen LogP contribution is 2.25. The number of fused-ring (bicyclic) bond motifs is 1. The van der Waals surface area contributed by atoms with Gasteiger partial charge in [0.25, 0.3) is 5.91 Å². The smallest absolute Gasteiger partial charge is 0.295 e. The van der Waals surface area contributed by atoms with Crippen LogP contribution < -0.4 is 5.32 Å². The van der Waals surface area contributed by atoms with E-state index in [4.69, 9.17) is 0 Å². The van der Waals surface area contributed by atoms with Crippen molar-refractivity contribution in [3.05, 3.63) is 35.9 Å². The lowest BCUT2D eigenvalue weighted by molar-refractivity contribution is 0.101. The van der Waals surface area contributed by atoms with Gasteiger partial charge in [0, 0.05) is 0 Å². The Morgan fingerprint density at radius 2 is 2.17 bits per heavy atom. The lowest BCUT2D eigenvalue weighted by atomic mass is 10.3. The van der Waals surface area contributed by atoms with E-state index in [-0.39, 0.29) is 11.7 Å². The normalized spacial score (nSPS) is 10.7. The quantitative estimate of drug-likeness (QED) is 0.737. The molecule has 0 bridgehead atoms. The van der Waals surface area contributed by atoms with E-state index in [1.54, 1.807) is 6.92 Å². The maximum Gasteiger partial charge on any atom is 0.297 e. The summed E-state index contributed by atoms with van der Waals surface area (Å²) in [5.41, 5.74) is 0.865. The van der Waals surface area contributed by atoms with Crippen LogP contribution in [0.15, 0.2) is 24.3 Å². The summed E-state index contributed by atoms with van der Waals surface area (Å²) in [7, 11) is 0. The first-order valence-corrected chi connectivity index (χ1v) is 6.10. The largest absolute Gasteiger partial charge is 0.297 e. The predicted molar refractivity (Wildman–Crippen MR) is 68.7 cm³/mol. The van der Waals surface area contributed by atoms with Crippen molar-refractivity contribution in [2.45, 2.75) is 6.92 Å². The molecule has 2 aromatic heterocycles. The fourth-order valence-electron chi connectivity index (χ4n) is 1.52. The molecule has 2 heterocycles. The summed E-state index contributed by atoms with van der Waals surface area (Å²) in [6, 6.07) is 7.70. The number of aromatic amines is 1. The van der Waals surface area contributed by atoms with Crippen molar-refractivity contribution in [1.29, 1.82) is 0 Å². The first kappa shape index (κ1) is 10.8. The highest BCUT2D eigenvalue weighted by atomic mass is 32.1. The molecule has 0 aliphatic rings. The first-order chi connectivity index (χ1) is 8.72. The van der Waals surface area contributed by atoms with Crippen LogP contribution in [0.25, 0.3) is 10.2 Å². The maximum atomic E-state index is 11.8. The topological polar surface area (TPSA) is 83.6 Å². The molecule has 2 N–H and O–H groups in total. The minimum absolute atomic E-state index is 0.117. The van der Waals surface area contributed by atoms with Gasteiger partial charge in [0.15, 0.2) is 5.13 Å². The Balaban J connectivity index is 1.86. The fourth-order valence-corrected chi connectivity index (χ4v) is 2.38. The van der Waals surface area contributed by atoms with Gasteiger partial charge in [-0.1, -0.05) is 23.5 Å². The van der Waals surface area contributed by atoms with E-state index in [9.17, 15) is 4.79 Å². The second-order valence-electron chi connectivity index (χ2n) is 3.69. The lowest BCUT2D eigenvalue weighted by Crippen LogP contribution is -2.13. The molecule has 7 heteroatoms. The Hall–Kier alpha value is -2.28. The Kier molecular flexibility index (Phi) is 2.52. The predicted octanol–water partition coefficient (Wildman–Crippen LogP) is 1.98. The van der Waals surface area contributed by atoms with E-state index in [1.165, 1.54) is 11.3 Å². The van der Waals surface area contributed by atoms with Crippen LogP contribution in [-0.2, 0) is 0 Å². The summed E-state index contributed by atoms with van der Waals surface area (Å²) in [5.74, 6) is 0.356. The number of para-hydroxylation sites is 1. The van der Waals surface area contributed by atoms with Crippen LogP contribution in [0.3, 0.4) is 0 Å². The third-order valence-electron chi connectivity index (χ3n) is 2.31. The standard InChI is InChI=1S/C11H9N5OS/c1-6-12-9(16-15-6)10(17)14-11-13-7-4-2-3-5-8(7)18-11/h2-5H,1H3,(H,12,15,16)(H,13,14,17). The van der Waals surface area contributed by atoms with E-state index in [1.807, 2.05) is 24.3 Å². The molecule has 0 radical (unpaired) electrons. The fraction of sp³-hybridized carbons (Fsp3) is 0.0909. The van der Waals surface area contributed by atoms with Crippen LogP contribution in [0.4, 0.5) is 5.13 Å². The number of benzene rings is 1. The summed E-state index contributed by atoms with van der Waals surface area (Å²) in [5, 5.41) is 9.65. The molecule has 0 spiro atoms. The molecule has 0 atom stereocenters. The van der Waals surface area contributed by atoms with Crippen molar-refractivity contribution >= 4 is 32.6 Å². The number of hydrogen-bond acceptors (Lipinski definition) is 5. The van der Waals surface area contributed by atoms with Crippen molar-refractivity contribution in [2.24, 2.45) is 0 Å². The van der Waals surface area contributed by atoms with Crippen LogP contribution in [0.2, 0.25) is 0 Å². The molecule has 1 amide bonds. The number of nitrogens with zero attached hydrogens (tertiary/aromatic N) is 3. The number of hydrogen-bond donors (Lipinski definition) is 2. The molecule has 0 saturated carbocycles. The molecule has 0 fully saturated rings. The first-order valence-electron chi connectivity index (χ1n) is 5.28. The Bertz CT molecular complexity index is 684. The minimum atomic E-state index is -0.363. The molecule has 0 unspecified atom stereocenters. The van der Waals surface area contributed by atoms with Gasteiger partial charge in [-0.05, 0) is 19.1 Å². The maximum absolute atomic E-state index is 11.8. The average Bonchev–Trinajstić information content (AvgIpc) is 2.94. The van der Waals surface area contributed by atoms with E-state index in [0.29, 0.717) is 11.0 Å². The van der Waals surface area contributed by atoms with E-state index < -0.39 is 0 Å². The number of carbonyl (C=O) groups is 1. The van der Waals surface area contributed by atoms with Gasteiger partial charge in [-0.3, -0.25) is 15.2 Å². The van der Waals surface area contributed by atoms with Gasteiger partial charge in [-0.15, -0.1) is 5.10 Å². The summed E-state index contributed by atoms with van der Waals surface area (Å²) >= 11 is 1.42. The minimum Gasteiger partial charge on any atom is -0.295 e. The summed E-state index contributed by atoms with van der Waals surface area (Å²) < 4.78 is 1.03. The molecule has 0 aliphatic heterocycles. The molecule has 6 nitrogen and oxygen atoms in total. The van der Waals surface area contributed by atoms with Crippen molar-refractivity contribution in [3.63, 3.8) is 0 Å². The van der Waals surface area contributed by atoms with E-state index in [2.05, 4.69) is 25.5 Å². The zero-order valence-electron chi connectivity index (χ0n) is 9.47. The molecule has 0 saturated heterocycles. The van der Waals surface area contributed by atoms with E-state index >= 15 is 0 Å². The molecule has 3 rings (SSSR count). The molecule has 18 heavy (non-hydrogen) atoms. The zero-order chi connectivity index (χ0) is 12.5. The van der Waals surface area contributed by atoms with Crippen LogP contribution in [-0.4, -0.2) is 26.1 Å². The third kappa shape index (κ3) is 1.95. The van der Waals surface area contributed by atoms with Crippen LogP contribution in [0, 0.1) is 6.92 Å². The van der Waals surface area contributed by atoms with Crippen molar-refractivity contribution in [2.75, 3.05) is 5.32 Å². The van der Waals surface area contributed by atoms with Gasteiger partial charge < -0.3 is 0 Å². The number of nitrogens with one attached hydrogen (secondary N) is 2. The van der Waals surface area contributed by atoms with E-state index in [0.717, 1.165) is 10.2 Å². The Morgan fingerprint density at radius 1 is 1.33 bits per heavy atom. The second-order valence-corrected chi connectivity index (χ2v) is 4.72. The van der Waals surface area contributed by atoms with Gasteiger partial charge in [-0.25, -0.2) is 9.97 Å². The summed E-state index contributed by atoms with van der Waals surface area (Å²) in [4.78, 5) is 20.1. The number of anilines is 1. The lowest BCUT2D eigenvalue weighted by Gasteiger charge is -1.95. The number of H-pyrrole nitrogens is 1. The third-order valence-corrected chi connectivity index (χ3v) is 3.27. The highest BCUT2D eigenvalue weighted by Gasteiger charge is 2.13. The average molecular weight is 259 g/mol. The number of carbonyl (C=O) groups excluding carboxylic acids is 1. The van der Waals surface area contributed by atoms with Crippen LogP contribution in [0.5, 0.6) is 0 Å². The van der Waals surface area contributed by atoms with Gasteiger partial charge in [0.1, 0.15) is 5.82 Å². The molecular formula is C11H9N5OS. The Morgan fingerprint density at radius 3 is 2.89 bits per heavy atom. The zero-order valence-corrected chi connectivity index (χ0v) is 10.3. The van der Waals surface area contributed by atoms with Gasteiger partial charge in [0.2, 0.25) is 5.82 Å². The number of amides is 1. The number of aryl methyl sites for hydroxylation is 1. The monoisotopic (exact) mass is 259 g/mol. The SMILES string of the molecule is Cc1nc(C(=O)Nc2nc3ccccc3s2)n[nH]1. The number of thiazole rings is 1. The van der Waals surface area contributed by atoms with Crippen LogP contribution >= 0.6 is 11.3 Å². The summed E-state index contributed by atoms with van der Waals surface area (Å²) in [6.07, 6.45) is 0. The van der Waals surface area contributed by atoms with Gasteiger partial charge >= 0.3 is 0 Å². The second kappa shape index (κ2) is 4.19. The molecule has 3 aromatic rings.